The Bertz CT molecular complexity index is 1390. The van der Waals surface area contributed by atoms with Crippen LogP contribution in [0.5, 0.6) is 11.5 Å². The van der Waals surface area contributed by atoms with Crippen molar-refractivity contribution in [2.75, 3.05) is 22.3 Å². The van der Waals surface area contributed by atoms with E-state index in [2.05, 4.69) is 21.3 Å². The van der Waals surface area contributed by atoms with Crippen LogP contribution in [0.2, 0.25) is 0 Å². The van der Waals surface area contributed by atoms with Crippen LogP contribution in [-0.2, 0) is 17.8 Å². The molecule has 10 nitrogen and oxygen atoms in total. The summed E-state index contributed by atoms with van der Waals surface area (Å²) in [6.07, 6.45) is 1.09. The number of nitrogens with zero attached hydrogens (tertiary/aromatic N) is 1. The lowest BCUT2D eigenvalue weighted by molar-refractivity contribution is -0.120. The molecule has 0 saturated heterocycles. The molecule has 39 heavy (non-hydrogen) atoms. The Morgan fingerprint density at radius 3 is 2.54 bits per heavy atom. The molecular formula is C29H31N5O5. The highest BCUT2D eigenvalue weighted by atomic mass is 16.7. The number of hydrogen-bond donors (Lipinski definition) is 4. The number of hydrogen-bond acceptors (Lipinski definition) is 5. The van der Waals surface area contributed by atoms with Crippen LogP contribution in [0.4, 0.5) is 26.7 Å². The number of fused-ring (bicyclic) bond motifs is 2. The maximum absolute atomic E-state index is 13.8. The standard InChI is InChI=1S/C29H31N5O5/c1-18(2)30-28(36)31-21-8-5-6-19(14-21)16-34-24-9-4-3-7-20(24)10-12-23(27(34)35)33-29(37)32-22-11-13-25-26(15-22)39-17-38-25/h3-9,11,13-15,18,23H,10,12,16-17H2,1-2H3,(H2,30,31,36)(H2,32,33,37). The van der Waals surface area contributed by atoms with Crippen LogP contribution in [0.15, 0.2) is 66.7 Å². The molecule has 202 valence electrons. The first-order chi connectivity index (χ1) is 18.9. The number of amides is 5. The van der Waals surface area contributed by atoms with Crippen LogP contribution in [0, 0.1) is 0 Å². The van der Waals surface area contributed by atoms with E-state index in [1.54, 1.807) is 29.2 Å². The Balaban J connectivity index is 1.32. The normalized spacial score (nSPS) is 15.8. The van der Waals surface area contributed by atoms with Gasteiger partial charge in [-0.25, -0.2) is 9.59 Å². The number of aryl methyl sites for hydroxylation is 1. The fourth-order valence-corrected chi connectivity index (χ4v) is 4.67. The van der Waals surface area contributed by atoms with Gasteiger partial charge in [-0.2, -0.15) is 0 Å². The summed E-state index contributed by atoms with van der Waals surface area (Å²) in [7, 11) is 0. The lowest BCUT2D eigenvalue weighted by atomic mass is 10.1. The predicted octanol–water partition coefficient (Wildman–Crippen LogP) is 4.61. The van der Waals surface area contributed by atoms with Crippen LogP contribution in [0.1, 0.15) is 31.4 Å². The van der Waals surface area contributed by atoms with Crippen LogP contribution >= 0.6 is 0 Å². The van der Waals surface area contributed by atoms with Crippen molar-refractivity contribution in [3.63, 3.8) is 0 Å². The zero-order chi connectivity index (χ0) is 27.4. The number of benzene rings is 3. The Labute approximate surface area is 226 Å². The van der Waals surface area contributed by atoms with Gasteiger partial charge in [0.15, 0.2) is 11.5 Å². The largest absolute Gasteiger partial charge is 0.454 e. The topological polar surface area (TPSA) is 121 Å². The van der Waals surface area contributed by atoms with E-state index in [0.29, 0.717) is 35.7 Å². The first-order valence-corrected chi connectivity index (χ1v) is 12.9. The summed E-state index contributed by atoms with van der Waals surface area (Å²) in [4.78, 5) is 40.6. The minimum absolute atomic E-state index is 0.00563. The second-order valence-electron chi connectivity index (χ2n) is 9.76. The third-order valence-electron chi connectivity index (χ3n) is 6.43. The summed E-state index contributed by atoms with van der Waals surface area (Å²) in [5, 5.41) is 11.3. The Kier molecular flexibility index (Phi) is 7.53. The van der Waals surface area contributed by atoms with E-state index in [4.69, 9.17) is 9.47 Å². The highest BCUT2D eigenvalue weighted by Gasteiger charge is 2.31. The molecule has 4 N–H and O–H groups in total. The number of para-hydroxylation sites is 1. The molecule has 0 aromatic heterocycles. The Morgan fingerprint density at radius 1 is 0.923 bits per heavy atom. The third kappa shape index (κ3) is 6.23. The molecule has 0 aliphatic carbocycles. The molecule has 2 aliphatic heterocycles. The average molecular weight is 530 g/mol. The van der Waals surface area contributed by atoms with Crippen molar-refractivity contribution < 1.29 is 23.9 Å². The van der Waals surface area contributed by atoms with E-state index in [9.17, 15) is 14.4 Å². The van der Waals surface area contributed by atoms with Gasteiger partial charge in [0, 0.05) is 29.2 Å². The molecule has 2 aliphatic rings. The molecule has 0 fully saturated rings. The Morgan fingerprint density at radius 2 is 1.69 bits per heavy atom. The van der Waals surface area contributed by atoms with Gasteiger partial charge in [-0.15, -0.1) is 0 Å². The number of carbonyl (C=O) groups excluding carboxylic acids is 3. The van der Waals surface area contributed by atoms with E-state index in [1.165, 1.54) is 0 Å². The van der Waals surface area contributed by atoms with Crippen molar-refractivity contribution in [3.05, 3.63) is 77.9 Å². The second-order valence-corrected chi connectivity index (χ2v) is 9.76. The van der Waals surface area contributed by atoms with Crippen molar-refractivity contribution >= 4 is 35.0 Å². The lowest BCUT2D eigenvalue weighted by Gasteiger charge is -2.26. The summed E-state index contributed by atoms with van der Waals surface area (Å²) in [6.45, 7) is 4.19. The molecule has 5 rings (SSSR count). The maximum Gasteiger partial charge on any atom is 0.319 e. The molecule has 0 bridgehead atoms. The summed E-state index contributed by atoms with van der Waals surface area (Å²) in [5.41, 5.74) is 3.82. The van der Waals surface area contributed by atoms with Crippen molar-refractivity contribution in [1.29, 1.82) is 0 Å². The van der Waals surface area contributed by atoms with Crippen LogP contribution in [0.3, 0.4) is 0 Å². The molecule has 1 atom stereocenters. The molecule has 0 spiro atoms. The third-order valence-corrected chi connectivity index (χ3v) is 6.43. The van der Waals surface area contributed by atoms with Gasteiger partial charge in [-0.3, -0.25) is 4.79 Å². The number of anilines is 3. The van der Waals surface area contributed by atoms with Crippen molar-refractivity contribution in [1.82, 2.24) is 10.6 Å². The smallest absolute Gasteiger partial charge is 0.319 e. The Hall–Kier alpha value is -4.73. The summed E-state index contributed by atoms with van der Waals surface area (Å²) >= 11 is 0. The first-order valence-electron chi connectivity index (χ1n) is 12.9. The molecule has 1 unspecified atom stereocenters. The minimum atomic E-state index is -0.732. The zero-order valence-corrected chi connectivity index (χ0v) is 21.8. The number of ether oxygens (including phenoxy) is 2. The lowest BCUT2D eigenvalue weighted by Crippen LogP contribution is -2.49. The minimum Gasteiger partial charge on any atom is -0.454 e. The highest BCUT2D eigenvalue weighted by Crippen LogP contribution is 2.34. The monoisotopic (exact) mass is 529 g/mol. The van der Waals surface area contributed by atoms with Gasteiger partial charge in [0.2, 0.25) is 12.7 Å². The van der Waals surface area contributed by atoms with Gasteiger partial charge in [-0.05, 0) is 68.1 Å². The number of carbonyl (C=O) groups is 3. The molecule has 0 saturated carbocycles. The van der Waals surface area contributed by atoms with Gasteiger partial charge < -0.3 is 35.6 Å². The number of urea groups is 2. The van der Waals surface area contributed by atoms with E-state index >= 15 is 0 Å². The molecule has 3 aromatic carbocycles. The second kappa shape index (κ2) is 11.3. The molecular weight excluding hydrogens is 498 g/mol. The maximum atomic E-state index is 13.8. The molecule has 3 aromatic rings. The quantitative estimate of drug-likeness (QED) is 0.372. The predicted molar refractivity (Wildman–Crippen MR) is 148 cm³/mol. The molecule has 5 amide bonds. The molecule has 10 heteroatoms. The summed E-state index contributed by atoms with van der Waals surface area (Å²) < 4.78 is 10.7. The van der Waals surface area contributed by atoms with E-state index in [-0.39, 0.29) is 31.3 Å². The van der Waals surface area contributed by atoms with Crippen LogP contribution in [0.25, 0.3) is 0 Å². The molecule has 0 radical (unpaired) electrons. The fourth-order valence-electron chi connectivity index (χ4n) is 4.67. The summed E-state index contributed by atoms with van der Waals surface area (Å²) in [6, 6.07) is 18.8. The fraction of sp³-hybridized carbons (Fsp3) is 0.276. The number of rotatable bonds is 6. The van der Waals surface area contributed by atoms with Gasteiger partial charge >= 0.3 is 12.1 Å². The van der Waals surface area contributed by atoms with Crippen LogP contribution in [-0.4, -0.2) is 36.8 Å². The highest BCUT2D eigenvalue weighted by molar-refractivity contribution is 6.02. The van der Waals surface area contributed by atoms with Crippen molar-refractivity contribution in [2.45, 2.75) is 45.3 Å². The van der Waals surface area contributed by atoms with Gasteiger partial charge in [0.25, 0.3) is 0 Å². The van der Waals surface area contributed by atoms with E-state index in [0.717, 1.165) is 16.8 Å². The first kappa shape index (κ1) is 25.9. The van der Waals surface area contributed by atoms with Crippen molar-refractivity contribution in [3.8, 4) is 11.5 Å². The molecule has 2 heterocycles. The average Bonchev–Trinajstić information content (AvgIpc) is 3.33. The SMILES string of the molecule is CC(C)NC(=O)Nc1cccc(CN2C(=O)C(NC(=O)Nc3ccc4c(c3)OCO4)CCc3ccccc32)c1. The van der Waals surface area contributed by atoms with Crippen molar-refractivity contribution in [2.24, 2.45) is 0 Å². The van der Waals surface area contributed by atoms with E-state index < -0.39 is 12.1 Å². The summed E-state index contributed by atoms with van der Waals surface area (Å²) in [5.74, 6) is 0.961. The van der Waals surface area contributed by atoms with Gasteiger partial charge in [0.05, 0.1) is 6.54 Å². The van der Waals surface area contributed by atoms with Crippen LogP contribution < -0.4 is 35.6 Å². The van der Waals surface area contributed by atoms with Gasteiger partial charge in [0.1, 0.15) is 6.04 Å². The van der Waals surface area contributed by atoms with E-state index in [1.807, 2.05) is 56.3 Å². The number of nitrogens with one attached hydrogen (secondary N) is 4. The zero-order valence-electron chi connectivity index (χ0n) is 21.8. The van der Waals surface area contributed by atoms with Gasteiger partial charge in [-0.1, -0.05) is 30.3 Å².